The largest absolute Gasteiger partial charge is 0.486 e. The second kappa shape index (κ2) is 5.85. The fourth-order valence-electron chi connectivity index (χ4n) is 3.48. The van der Waals surface area contributed by atoms with Gasteiger partial charge in [-0.1, -0.05) is 12.1 Å². The van der Waals surface area contributed by atoms with Gasteiger partial charge in [0.25, 0.3) is 0 Å². The van der Waals surface area contributed by atoms with Gasteiger partial charge in [0.15, 0.2) is 11.5 Å². The van der Waals surface area contributed by atoms with Crippen molar-refractivity contribution in [2.24, 2.45) is 5.92 Å². The Morgan fingerprint density at radius 3 is 2.95 bits per heavy atom. The molecule has 114 valence electrons. The Bertz CT molecular complexity index is 502. The number of nitrogens with zero attached hydrogens (tertiary/aromatic N) is 1. The lowest BCUT2D eigenvalue weighted by Crippen LogP contribution is -2.27. The number of ether oxygens (including phenoxy) is 2. The van der Waals surface area contributed by atoms with Gasteiger partial charge < -0.3 is 19.7 Å². The van der Waals surface area contributed by atoms with Gasteiger partial charge in [0.2, 0.25) is 0 Å². The number of fused-ring (bicyclic) bond motifs is 1. The van der Waals surface area contributed by atoms with Crippen LogP contribution in [0.1, 0.15) is 24.8 Å². The van der Waals surface area contributed by atoms with Crippen LogP contribution in [0.2, 0.25) is 0 Å². The zero-order valence-corrected chi connectivity index (χ0v) is 12.5. The van der Waals surface area contributed by atoms with E-state index in [9.17, 15) is 0 Å². The molecule has 1 atom stereocenters. The Hall–Kier alpha value is -1.26. The number of hydrogen-bond donors (Lipinski definition) is 1. The average molecular weight is 288 g/mol. The lowest BCUT2D eigenvalue weighted by atomic mass is 10.1. The van der Waals surface area contributed by atoms with Crippen molar-refractivity contribution in [3.8, 4) is 11.5 Å². The zero-order valence-electron chi connectivity index (χ0n) is 12.5. The molecule has 4 rings (SSSR count). The van der Waals surface area contributed by atoms with E-state index >= 15 is 0 Å². The molecule has 0 radical (unpaired) electrons. The van der Waals surface area contributed by atoms with Crippen molar-refractivity contribution in [3.05, 3.63) is 23.8 Å². The van der Waals surface area contributed by atoms with Crippen LogP contribution in [0, 0.1) is 5.92 Å². The third kappa shape index (κ3) is 3.01. The Morgan fingerprint density at radius 1 is 1.14 bits per heavy atom. The lowest BCUT2D eigenvalue weighted by molar-refractivity contribution is 0.169. The Morgan fingerprint density at radius 2 is 2.05 bits per heavy atom. The van der Waals surface area contributed by atoms with Crippen molar-refractivity contribution in [3.63, 3.8) is 0 Å². The highest BCUT2D eigenvalue weighted by Gasteiger charge is 2.34. The molecule has 4 nitrogen and oxygen atoms in total. The Balaban J connectivity index is 1.29. The van der Waals surface area contributed by atoms with Crippen LogP contribution in [0.3, 0.4) is 0 Å². The molecule has 1 saturated carbocycles. The molecule has 2 heterocycles. The van der Waals surface area contributed by atoms with Gasteiger partial charge in [0, 0.05) is 24.7 Å². The summed E-state index contributed by atoms with van der Waals surface area (Å²) in [4.78, 5) is 2.67. The van der Waals surface area contributed by atoms with Gasteiger partial charge in [-0.05, 0) is 44.3 Å². The van der Waals surface area contributed by atoms with E-state index in [2.05, 4.69) is 22.3 Å². The number of benzene rings is 1. The average Bonchev–Trinajstić information content (AvgIpc) is 3.27. The van der Waals surface area contributed by atoms with Crippen LogP contribution in [-0.4, -0.2) is 43.8 Å². The van der Waals surface area contributed by atoms with Crippen molar-refractivity contribution >= 4 is 0 Å². The molecule has 0 bridgehead atoms. The van der Waals surface area contributed by atoms with E-state index in [4.69, 9.17) is 9.47 Å². The highest BCUT2D eigenvalue weighted by atomic mass is 16.6. The van der Waals surface area contributed by atoms with Crippen molar-refractivity contribution < 1.29 is 9.47 Å². The number of nitrogens with one attached hydrogen (secondary N) is 1. The number of para-hydroxylation sites is 1. The minimum absolute atomic E-state index is 0.656. The van der Waals surface area contributed by atoms with E-state index in [0.717, 1.165) is 36.5 Å². The summed E-state index contributed by atoms with van der Waals surface area (Å²) in [6.07, 6.45) is 4.19. The predicted octanol–water partition coefficient (Wildman–Crippen LogP) is 2.03. The topological polar surface area (TPSA) is 33.7 Å². The van der Waals surface area contributed by atoms with Gasteiger partial charge in [-0.25, -0.2) is 0 Å². The third-order valence-electron chi connectivity index (χ3n) is 4.78. The molecule has 1 aromatic rings. The van der Waals surface area contributed by atoms with Crippen LogP contribution in [0.15, 0.2) is 18.2 Å². The first-order valence-electron chi connectivity index (χ1n) is 8.22. The Kier molecular flexibility index (Phi) is 3.74. The molecule has 1 aliphatic carbocycles. The molecule has 1 N–H and O–H groups in total. The third-order valence-corrected chi connectivity index (χ3v) is 4.78. The number of rotatable bonds is 5. The molecule has 2 aliphatic heterocycles. The first kappa shape index (κ1) is 13.4. The minimum Gasteiger partial charge on any atom is -0.486 e. The molecule has 0 amide bonds. The van der Waals surface area contributed by atoms with E-state index in [1.54, 1.807) is 0 Å². The molecule has 21 heavy (non-hydrogen) atoms. The van der Waals surface area contributed by atoms with Crippen LogP contribution < -0.4 is 14.8 Å². The highest BCUT2D eigenvalue weighted by Crippen LogP contribution is 2.34. The normalized spacial score (nSPS) is 25.2. The molecule has 0 aromatic heterocycles. The van der Waals surface area contributed by atoms with E-state index in [1.165, 1.54) is 37.9 Å². The molecule has 3 aliphatic rings. The first-order valence-corrected chi connectivity index (χ1v) is 8.22. The van der Waals surface area contributed by atoms with E-state index < -0.39 is 0 Å². The van der Waals surface area contributed by atoms with E-state index in [-0.39, 0.29) is 0 Å². The van der Waals surface area contributed by atoms with Gasteiger partial charge in [0.05, 0.1) is 0 Å². The summed E-state index contributed by atoms with van der Waals surface area (Å²) in [6, 6.07) is 7.09. The van der Waals surface area contributed by atoms with Crippen LogP contribution in [0.25, 0.3) is 0 Å². The van der Waals surface area contributed by atoms with E-state index in [1.807, 2.05) is 6.07 Å². The van der Waals surface area contributed by atoms with Crippen LogP contribution in [-0.2, 0) is 6.54 Å². The maximum atomic E-state index is 5.76. The number of hydrogen-bond acceptors (Lipinski definition) is 4. The SMILES string of the molecule is c1cc(CNC[C@H]2CCN(C3CC3)C2)c2c(c1)OCCO2. The standard InChI is InChI=1S/C17H24N2O2/c1-2-14(17-16(3-1)20-8-9-21-17)11-18-10-13-6-7-19(12-13)15-4-5-15/h1-3,13,15,18H,4-12H2/t13-/m1/s1. The lowest BCUT2D eigenvalue weighted by Gasteiger charge is -2.21. The summed E-state index contributed by atoms with van der Waals surface area (Å²) in [5.41, 5.74) is 1.21. The molecular formula is C17H24N2O2. The quantitative estimate of drug-likeness (QED) is 0.899. The van der Waals surface area contributed by atoms with Gasteiger partial charge in [0.1, 0.15) is 13.2 Å². The maximum absolute atomic E-state index is 5.76. The van der Waals surface area contributed by atoms with Gasteiger partial charge >= 0.3 is 0 Å². The molecule has 2 fully saturated rings. The van der Waals surface area contributed by atoms with Crippen molar-refractivity contribution in [2.75, 3.05) is 32.8 Å². The molecular weight excluding hydrogens is 264 g/mol. The van der Waals surface area contributed by atoms with Gasteiger partial charge in [-0.2, -0.15) is 0 Å². The second-order valence-corrected chi connectivity index (χ2v) is 6.45. The van der Waals surface area contributed by atoms with Crippen LogP contribution >= 0.6 is 0 Å². The minimum atomic E-state index is 0.656. The monoisotopic (exact) mass is 288 g/mol. The maximum Gasteiger partial charge on any atom is 0.165 e. The smallest absolute Gasteiger partial charge is 0.165 e. The molecule has 4 heteroatoms. The Labute approximate surface area is 126 Å². The first-order chi connectivity index (χ1) is 10.4. The van der Waals surface area contributed by atoms with Crippen LogP contribution in [0.4, 0.5) is 0 Å². The summed E-state index contributed by atoms with van der Waals surface area (Å²) in [5.74, 6) is 2.63. The summed E-state index contributed by atoms with van der Waals surface area (Å²) in [7, 11) is 0. The fourth-order valence-corrected chi connectivity index (χ4v) is 3.48. The molecule has 0 unspecified atom stereocenters. The number of likely N-dealkylation sites (tertiary alicyclic amines) is 1. The van der Waals surface area contributed by atoms with Crippen molar-refractivity contribution in [2.45, 2.75) is 31.8 Å². The second-order valence-electron chi connectivity index (χ2n) is 6.45. The van der Waals surface area contributed by atoms with Crippen molar-refractivity contribution in [1.82, 2.24) is 10.2 Å². The van der Waals surface area contributed by atoms with Crippen LogP contribution in [0.5, 0.6) is 11.5 Å². The molecule has 0 spiro atoms. The zero-order chi connectivity index (χ0) is 14.1. The molecule has 1 saturated heterocycles. The predicted molar refractivity (Wildman–Crippen MR) is 81.8 cm³/mol. The summed E-state index contributed by atoms with van der Waals surface area (Å²) in [6.45, 7) is 5.87. The summed E-state index contributed by atoms with van der Waals surface area (Å²) in [5, 5.41) is 3.61. The molecule has 1 aromatic carbocycles. The highest BCUT2D eigenvalue weighted by molar-refractivity contribution is 5.47. The van der Waals surface area contributed by atoms with Crippen molar-refractivity contribution in [1.29, 1.82) is 0 Å². The van der Waals surface area contributed by atoms with Gasteiger partial charge in [-0.3, -0.25) is 0 Å². The summed E-state index contributed by atoms with van der Waals surface area (Å²) < 4.78 is 11.4. The summed E-state index contributed by atoms with van der Waals surface area (Å²) >= 11 is 0. The van der Waals surface area contributed by atoms with Gasteiger partial charge in [-0.15, -0.1) is 0 Å². The van der Waals surface area contributed by atoms with E-state index in [0.29, 0.717) is 13.2 Å². The fraction of sp³-hybridized carbons (Fsp3) is 0.647.